The van der Waals surface area contributed by atoms with Gasteiger partial charge in [0.2, 0.25) is 5.91 Å². The fourth-order valence-electron chi connectivity index (χ4n) is 3.79. The lowest BCUT2D eigenvalue weighted by molar-refractivity contribution is -0.127. The summed E-state index contributed by atoms with van der Waals surface area (Å²) < 4.78 is 17.0. The molecule has 0 saturated carbocycles. The fourth-order valence-corrected chi connectivity index (χ4v) is 5.22. The Morgan fingerprint density at radius 2 is 1.63 bits per heavy atom. The van der Waals surface area contributed by atoms with E-state index in [1.807, 2.05) is 13.8 Å². The third-order valence-electron chi connectivity index (χ3n) is 5.62. The summed E-state index contributed by atoms with van der Waals surface area (Å²) in [4.78, 5) is 39.2. The minimum Gasteiger partial charge on any atom is -0.494 e. The first kappa shape index (κ1) is 30.6. The molecule has 0 spiro atoms. The molecule has 0 aromatic heterocycles. The topological polar surface area (TPSA) is 94.2 Å². The molecule has 3 aromatic carbocycles. The predicted molar refractivity (Wildman–Crippen MR) is 162 cm³/mol. The van der Waals surface area contributed by atoms with Gasteiger partial charge >= 0.3 is 0 Å². The standard InChI is InChI=1S/C29H25Cl3N2O6S/c1-3-38-20-8-6-19(7-9-20)33-26(35)15-34-28(36)25(41-29(34)37)14-18-12-23(32)27(24(13-18)39-4-2)40-16-17-5-10-21(30)22(31)11-17/h5-14H,3-4,15-16H2,1-2H3,(H,33,35)/b25-14+. The highest BCUT2D eigenvalue weighted by Crippen LogP contribution is 2.40. The molecule has 1 aliphatic rings. The summed E-state index contributed by atoms with van der Waals surface area (Å²) in [6.45, 7) is 4.28. The number of carbonyl (C=O) groups is 3. The second-order valence-corrected chi connectivity index (χ2v) is 10.8. The molecule has 12 heteroatoms. The average molecular weight is 636 g/mol. The Kier molecular flexibility index (Phi) is 10.4. The van der Waals surface area contributed by atoms with Gasteiger partial charge in [0.05, 0.1) is 33.2 Å². The van der Waals surface area contributed by atoms with Gasteiger partial charge in [-0.15, -0.1) is 0 Å². The summed E-state index contributed by atoms with van der Waals surface area (Å²) in [5.74, 6) is 0.245. The number of hydrogen-bond donors (Lipinski definition) is 1. The minimum absolute atomic E-state index is 0.145. The van der Waals surface area contributed by atoms with E-state index in [4.69, 9.17) is 49.0 Å². The number of halogens is 3. The van der Waals surface area contributed by atoms with E-state index in [1.165, 1.54) is 6.08 Å². The lowest BCUT2D eigenvalue weighted by Crippen LogP contribution is -2.36. The summed E-state index contributed by atoms with van der Waals surface area (Å²) in [5.41, 5.74) is 1.81. The molecule has 214 valence electrons. The van der Waals surface area contributed by atoms with Gasteiger partial charge in [-0.25, -0.2) is 0 Å². The first-order valence-electron chi connectivity index (χ1n) is 12.5. The molecule has 3 amide bonds. The molecule has 0 radical (unpaired) electrons. The van der Waals surface area contributed by atoms with E-state index >= 15 is 0 Å². The lowest BCUT2D eigenvalue weighted by atomic mass is 10.1. The number of imide groups is 1. The summed E-state index contributed by atoms with van der Waals surface area (Å²) >= 11 is 19.3. The van der Waals surface area contributed by atoms with Gasteiger partial charge < -0.3 is 19.5 Å². The Labute approximate surface area is 256 Å². The van der Waals surface area contributed by atoms with E-state index in [0.29, 0.717) is 51.8 Å². The summed E-state index contributed by atoms with van der Waals surface area (Å²) in [5, 5.41) is 3.21. The average Bonchev–Trinajstić information content (AvgIpc) is 3.18. The number of rotatable bonds is 11. The molecule has 0 aliphatic carbocycles. The van der Waals surface area contributed by atoms with Gasteiger partial charge in [0.1, 0.15) is 18.9 Å². The van der Waals surface area contributed by atoms with Crippen LogP contribution in [0, 0.1) is 0 Å². The van der Waals surface area contributed by atoms with E-state index in [1.54, 1.807) is 54.6 Å². The Hall–Kier alpha value is -3.37. The molecule has 0 atom stereocenters. The number of nitrogens with one attached hydrogen (secondary N) is 1. The van der Waals surface area contributed by atoms with Gasteiger partial charge in [-0.05, 0) is 91.3 Å². The zero-order valence-electron chi connectivity index (χ0n) is 22.0. The van der Waals surface area contributed by atoms with Gasteiger partial charge in [-0.2, -0.15) is 0 Å². The first-order chi connectivity index (χ1) is 19.7. The Bertz CT molecular complexity index is 1500. The first-order valence-corrected chi connectivity index (χ1v) is 14.4. The van der Waals surface area contributed by atoms with Gasteiger partial charge in [0, 0.05) is 5.69 Å². The van der Waals surface area contributed by atoms with Crippen LogP contribution < -0.4 is 19.5 Å². The Balaban J connectivity index is 1.46. The highest BCUT2D eigenvalue weighted by Gasteiger charge is 2.36. The molecular weight excluding hydrogens is 611 g/mol. The zero-order valence-corrected chi connectivity index (χ0v) is 25.1. The van der Waals surface area contributed by atoms with Crippen molar-refractivity contribution in [2.75, 3.05) is 25.1 Å². The van der Waals surface area contributed by atoms with Gasteiger partial charge in [-0.1, -0.05) is 40.9 Å². The molecule has 4 rings (SSSR count). The van der Waals surface area contributed by atoms with Crippen molar-refractivity contribution in [3.8, 4) is 17.2 Å². The fraction of sp³-hybridized carbons (Fsp3) is 0.207. The second kappa shape index (κ2) is 14.0. The van der Waals surface area contributed by atoms with Crippen LogP contribution in [0.4, 0.5) is 10.5 Å². The van der Waals surface area contributed by atoms with Crippen LogP contribution in [0.1, 0.15) is 25.0 Å². The predicted octanol–water partition coefficient (Wildman–Crippen LogP) is 7.70. The lowest BCUT2D eigenvalue weighted by Gasteiger charge is -2.15. The smallest absolute Gasteiger partial charge is 0.294 e. The van der Waals surface area contributed by atoms with Crippen molar-refractivity contribution in [2.45, 2.75) is 20.5 Å². The number of hydrogen-bond acceptors (Lipinski definition) is 7. The molecule has 41 heavy (non-hydrogen) atoms. The van der Waals surface area contributed by atoms with Crippen LogP contribution >= 0.6 is 46.6 Å². The quantitative estimate of drug-likeness (QED) is 0.216. The Morgan fingerprint density at radius 1 is 0.902 bits per heavy atom. The number of ether oxygens (including phenoxy) is 3. The van der Waals surface area contributed by atoms with Gasteiger partial charge in [-0.3, -0.25) is 19.3 Å². The molecular formula is C29H25Cl3N2O6S. The van der Waals surface area contributed by atoms with Gasteiger partial charge in [0.15, 0.2) is 11.5 Å². The normalized spacial score (nSPS) is 14.0. The zero-order chi connectivity index (χ0) is 29.5. The summed E-state index contributed by atoms with van der Waals surface area (Å²) in [7, 11) is 0. The number of anilines is 1. The van der Waals surface area contributed by atoms with Crippen molar-refractivity contribution in [3.63, 3.8) is 0 Å². The third-order valence-corrected chi connectivity index (χ3v) is 7.55. The van der Waals surface area contributed by atoms with E-state index in [9.17, 15) is 14.4 Å². The minimum atomic E-state index is -0.587. The van der Waals surface area contributed by atoms with Crippen LogP contribution in [-0.2, 0) is 16.2 Å². The highest BCUT2D eigenvalue weighted by atomic mass is 35.5. The van der Waals surface area contributed by atoms with Crippen molar-refractivity contribution < 1.29 is 28.6 Å². The molecule has 0 unspecified atom stereocenters. The van der Waals surface area contributed by atoms with Crippen molar-refractivity contribution in [1.29, 1.82) is 0 Å². The largest absolute Gasteiger partial charge is 0.494 e. The van der Waals surface area contributed by atoms with E-state index < -0.39 is 23.6 Å². The molecule has 1 saturated heterocycles. The maximum Gasteiger partial charge on any atom is 0.294 e. The van der Waals surface area contributed by atoms with Crippen LogP contribution in [0.5, 0.6) is 17.2 Å². The molecule has 8 nitrogen and oxygen atoms in total. The highest BCUT2D eigenvalue weighted by molar-refractivity contribution is 8.18. The van der Waals surface area contributed by atoms with Crippen LogP contribution in [-0.4, -0.2) is 41.7 Å². The maximum absolute atomic E-state index is 13.0. The van der Waals surface area contributed by atoms with E-state index in [2.05, 4.69) is 5.32 Å². The van der Waals surface area contributed by atoms with Crippen LogP contribution in [0.25, 0.3) is 6.08 Å². The number of thioether (sulfide) groups is 1. The molecule has 1 aliphatic heterocycles. The molecule has 3 aromatic rings. The molecule has 1 N–H and O–H groups in total. The number of benzene rings is 3. The number of nitrogens with zero attached hydrogens (tertiary/aromatic N) is 1. The van der Waals surface area contributed by atoms with Crippen LogP contribution in [0.15, 0.2) is 59.5 Å². The SMILES string of the molecule is CCOc1ccc(NC(=O)CN2C(=O)S/C(=C/c3cc(Cl)c(OCc4ccc(Cl)c(Cl)c4)c(OCC)c3)C2=O)cc1. The van der Waals surface area contributed by atoms with Crippen molar-refractivity contribution in [2.24, 2.45) is 0 Å². The van der Waals surface area contributed by atoms with Crippen molar-refractivity contribution in [3.05, 3.63) is 85.7 Å². The number of amides is 3. The van der Waals surface area contributed by atoms with Crippen molar-refractivity contribution >= 4 is 75.4 Å². The van der Waals surface area contributed by atoms with Crippen LogP contribution in [0.2, 0.25) is 15.1 Å². The number of carbonyl (C=O) groups excluding carboxylic acids is 3. The maximum atomic E-state index is 13.0. The van der Waals surface area contributed by atoms with Gasteiger partial charge in [0.25, 0.3) is 11.1 Å². The molecule has 1 heterocycles. The van der Waals surface area contributed by atoms with Crippen LogP contribution in [0.3, 0.4) is 0 Å². The monoisotopic (exact) mass is 634 g/mol. The summed E-state index contributed by atoms with van der Waals surface area (Å²) in [6.07, 6.45) is 1.52. The van der Waals surface area contributed by atoms with Crippen molar-refractivity contribution in [1.82, 2.24) is 4.90 Å². The van der Waals surface area contributed by atoms with E-state index in [0.717, 1.165) is 22.2 Å². The molecule has 1 fully saturated rings. The third kappa shape index (κ3) is 7.89. The summed E-state index contributed by atoms with van der Waals surface area (Å²) in [6, 6.07) is 15.2. The van der Waals surface area contributed by atoms with E-state index in [-0.39, 0.29) is 16.5 Å². The Morgan fingerprint density at radius 3 is 2.32 bits per heavy atom. The molecule has 0 bridgehead atoms. The second-order valence-electron chi connectivity index (χ2n) is 8.57.